The van der Waals surface area contributed by atoms with Gasteiger partial charge in [0.15, 0.2) is 0 Å². The number of amides is 2. The maximum absolute atomic E-state index is 12.4. The Bertz CT molecular complexity index is 785. The standard InChI is InChI=1S/C13H13BrClN3O4S/c14-10-2-1-9(15)5-8(10)6-12(19)17-3-4-18-11(7-17)13(20)16-23(18,21)22/h1-2,5,11H,3-4,6-7H2,(H,16,20). The van der Waals surface area contributed by atoms with Crippen molar-refractivity contribution in [3.05, 3.63) is 33.3 Å². The van der Waals surface area contributed by atoms with Crippen molar-refractivity contribution in [3.8, 4) is 0 Å². The van der Waals surface area contributed by atoms with Gasteiger partial charge in [-0.25, -0.2) is 4.72 Å². The largest absolute Gasteiger partial charge is 0.339 e. The summed E-state index contributed by atoms with van der Waals surface area (Å²) in [6, 6.07) is 4.33. The lowest BCUT2D eigenvalue weighted by atomic mass is 10.1. The molecule has 2 amide bonds. The molecule has 1 aromatic rings. The molecule has 10 heteroatoms. The predicted molar refractivity (Wildman–Crippen MR) is 87.0 cm³/mol. The molecule has 7 nitrogen and oxygen atoms in total. The lowest BCUT2D eigenvalue weighted by Crippen LogP contribution is -2.55. The zero-order valence-corrected chi connectivity index (χ0v) is 15.0. The van der Waals surface area contributed by atoms with E-state index in [1.165, 1.54) is 4.90 Å². The van der Waals surface area contributed by atoms with Crippen LogP contribution in [-0.4, -0.2) is 55.1 Å². The molecule has 3 rings (SSSR count). The normalized spacial score (nSPS) is 23.5. The molecule has 1 atom stereocenters. The second-order valence-corrected chi connectivity index (χ2v) is 8.26. The Morgan fingerprint density at radius 1 is 1.39 bits per heavy atom. The van der Waals surface area contributed by atoms with Gasteiger partial charge < -0.3 is 4.90 Å². The Morgan fingerprint density at radius 3 is 2.87 bits per heavy atom. The molecule has 0 radical (unpaired) electrons. The molecule has 1 N–H and O–H groups in total. The minimum Gasteiger partial charge on any atom is -0.339 e. The SMILES string of the molecule is O=C1NS(=O)(=O)N2CCN(C(=O)Cc3cc(Cl)ccc3Br)CC12. The van der Waals surface area contributed by atoms with Gasteiger partial charge in [-0.15, -0.1) is 0 Å². The topological polar surface area (TPSA) is 86.8 Å². The predicted octanol–water partition coefficient (Wildman–Crippen LogP) is 0.532. The third-order valence-electron chi connectivity index (χ3n) is 3.87. The molecule has 0 aromatic heterocycles. The molecule has 2 fully saturated rings. The summed E-state index contributed by atoms with van der Waals surface area (Å²) in [6.45, 7) is 0.415. The number of carbonyl (C=O) groups is 2. The number of halogens is 2. The van der Waals surface area contributed by atoms with E-state index in [-0.39, 0.29) is 32.0 Å². The summed E-state index contributed by atoms with van der Waals surface area (Å²) < 4.78 is 27.3. The third kappa shape index (κ3) is 3.23. The molecule has 0 bridgehead atoms. The Labute approximate surface area is 146 Å². The van der Waals surface area contributed by atoms with Crippen LogP contribution in [0.5, 0.6) is 0 Å². The molecule has 2 aliphatic heterocycles. The molecule has 2 heterocycles. The smallest absolute Gasteiger partial charge is 0.304 e. The number of hydrogen-bond acceptors (Lipinski definition) is 4. The lowest BCUT2D eigenvalue weighted by molar-refractivity contribution is -0.134. The summed E-state index contributed by atoms with van der Waals surface area (Å²) in [5.41, 5.74) is 0.744. The van der Waals surface area contributed by atoms with Crippen molar-refractivity contribution in [2.24, 2.45) is 0 Å². The van der Waals surface area contributed by atoms with Crippen LogP contribution in [0.15, 0.2) is 22.7 Å². The lowest BCUT2D eigenvalue weighted by Gasteiger charge is -2.34. The van der Waals surface area contributed by atoms with Crippen LogP contribution in [-0.2, 0) is 26.2 Å². The second-order valence-electron chi connectivity index (χ2n) is 5.35. The minimum atomic E-state index is -3.75. The molecule has 2 aliphatic rings. The van der Waals surface area contributed by atoms with Gasteiger partial charge in [0.2, 0.25) is 5.91 Å². The molecule has 1 aromatic carbocycles. The van der Waals surface area contributed by atoms with E-state index in [0.717, 1.165) is 14.3 Å². The van der Waals surface area contributed by atoms with Crippen LogP contribution in [0.2, 0.25) is 5.02 Å². The fourth-order valence-corrected chi connectivity index (χ4v) is 4.61. The first kappa shape index (κ1) is 16.7. The number of fused-ring (bicyclic) bond motifs is 1. The third-order valence-corrected chi connectivity index (χ3v) is 6.40. The van der Waals surface area contributed by atoms with Crippen LogP contribution >= 0.6 is 27.5 Å². The average Bonchev–Trinajstić information content (AvgIpc) is 2.72. The highest BCUT2D eigenvalue weighted by atomic mass is 79.9. The van der Waals surface area contributed by atoms with E-state index in [1.807, 2.05) is 4.72 Å². The van der Waals surface area contributed by atoms with Crippen LogP contribution in [0.3, 0.4) is 0 Å². The maximum Gasteiger partial charge on any atom is 0.304 e. The van der Waals surface area contributed by atoms with Gasteiger partial charge in [-0.2, -0.15) is 12.7 Å². The number of piperazine rings is 1. The number of nitrogens with zero attached hydrogens (tertiary/aromatic N) is 2. The Hall–Kier alpha value is -1.16. The summed E-state index contributed by atoms with van der Waals surface area (Å²) in [5, 5.41) is 0.530. The van der Waals surface area contributed by atoms with Crippen molar-refractivity contribution in [3.63, 3.8) is 0 Å². The van der Waals surface area contributed by atoms with Gasteiger partial charge >= 0.3 is 10.2 Å². The number of carbonyl (C=O) groups excluding carboxylic acids is 2. The number of nitrogens with one attached hydrogen (secondary N) is 1. The van der Waals surface area contributed by atoms with E-state index >= 15 is 0 Å². The van der Waals surface area contributed by atoms with Gasteiger partial charge in [0.25, 0.3) is 5.91 Å². The first-order valence-corrected chi connectivity index (χ1v) is 9.44. The quantitative estimate of drug-likeness (QED) is 0.753. The second kappa shape index (κ2) is 6.04. The summed E-state index contributed by atoms with van der Waals surface area (Å²) in [5.74, 6) is -0.767. The van der Waals surface area contributed by atoms with Crippen LogP contribution < -0.4 is 4.72 Å². The van der Waals surface area contributed by atoms with E-state index < -0.39 is 22.2 Å². The summed E-state index contributed by atoms with van der Waals surface area (Å²) >= 11 is 9.31. The van der Waals surface area contributed by atoms with E-state index in [9.17, 15) is 18.0 Å². The summed E-state index contributed by atoms with van der Waals surface area (Å²) in [6.07, 6.45) is 0.127. The highest BCUT2D eigenvalue weighted by Gasteiger charge is 2.47. The van der Waals surface area contributed by atoms with Crippen LogP contribution in [0, 0.1) is 0 Å². The first-order chi connectivity index (χ1) is 10.8. The molecule has 0 aliphatic carbocycles. The highest BCUT2D eigenvalue weighted by molar-refractivity contribution is 9.10. The van der Waals surface area contributed by atoms with Crippen LogP contribution in [0.25, 0.3) is 0 Å². The molecular weight excluding hydrogens is 410 g/mol. The van der Waals surface area contributed by atoms with Gasteiger partial charge in [0, 0.05) is 29.1 Å². The van der Waals surface area contributed by atoms with Crippen molar-refractivity contribution in [1.29, 1.82) is 0 Å². The summed E-state index contributed by atoms with van der Waals surface area (Å²) in [7, 11) is -3.75. The Morgan fingerprint density at radius 2 is 2.13 bits per heavy atom. The number of benzene rings is 1. The number of rotatable bonds is 2. The summed E-state index contributed by atoms with van der Waals surface area (Å²) in [4.78, 5) is 25.7. The molecule has 23 heavy (non-hydrogen) atoms. The van der Waals surface area contributed by atoms with Gasteiger partial charge in [0.05, 0.1) is 6.42 Å². The zero-order chi connectivity index (χ0) is 16.8. The van der Waals surface area contributed by atoms with Crippen molar-refractivity contribution < 1.29 is 18.0 Å². The van der Waals surface area contributed by atoms with Crippen LogP contribution in [0.1, 0.15) is 5.56 Å². The first-order valence-electron chi connectivity index (χ1n) is 6.83. The molecule has 0 saturated carbocycles. The van der Waals surface area contributed by atoms with Gasteiger partial charge in [0.1, 0.15) is 6.04 Å². The monoisotopic (exact) mass is 421 g/mol. The van der Waals surface area contributed by atoms with Crippen LogP contribution in [0.4, 0.5) is 0 Å². The maximum atomic E-state index is 12.4. The van der Waals surface area contributed by atoms with Crippen molar-refractivity contribution in [2.45, 2.75) is 12.5 Å². The zero-order valence-electron chi connectivity index (χ0n) is 11.8. The Balaban J connectivity index is 1.73. The van der Waals surface area contributed by atoms with Gasteiger partial charge in [-0.1, -0.05) is 27.5 Å². The fraction of sp³-hybridized carbons (Fsp3) is 0.385. The van der Waals surface area contributed by atoms with E-state index in [1.54, 1.807) is 18.2 Å². The molecule has 0 spiro atoms. The molecule has 124 valence electrons. The highest BCUT2D eigenvalue weighted by Crippen LogP contribution is 2.24. The average molecular weight is 423 g/mol. The molecule has 1 unspecified atom stereocenters. The molecule has 2 saturated heterocycles. The Kier molecular flexibility index (Phi) is 4.39. The van der Waals surface area contributed by atoms with Crippen molar-refractivity contribution in [1.82, 2.24) is 13.9 Å². The fourth-order valence-electron chi connectivity index (χ4n) is 2.70. The minimum absolute atomic E-state index is 0.0576. The van der Waals surface area contributed by atoms with Gasteiger partial charge in [-0.3, -0.25) is 9.59 Å². The number of hydrogen-bond donors (Lipinski definition) is 1. The van der Waals surface area contributed by atoms with E-state index in [0.29, 0.717) is 5.02 Å². The van der Waals surface area contributed by atoms with E-state index in [4.69, 9.17) is 11.6 Å². The molecular formula is C13H13BrClN3O4S. The van der Waals surface area contributed by atoms with Crippen molar-refractivity contribution >= 4 is 49.6 Å². The van der Waals surface area contributed by atoms with Crippen molar-refractivity contribution in [2.75, 3.05) is 19.6 Å². The van der Waals surface area contributed by atoms with Gasteiger partial charge in [-0.05, 0) is 23.8 Å². The van der Waals surface area contributed by atoms with E-state index in [2.05, 4.69) is 15.9 Å².